The maximum Gasteiger partial charge on any atom is 1.00 e. The molecular formula is C27H25N3NaNiO3-. The second kappa shape index (κ2) is 14.2. The van der Waals surface area contributed by atoms with Crippen molar-refractivity contribution in [3.8, 4) is 0 Å². The molecule has 8 heteroatoms. The van der Waals surface area contributed by atoms with E-state index in [1.54, 1.807) is 6.07 Å². The van der Waals surface area contributed by atoms with Crippen molar-refractivity contribution in [1.82, 2.24) is 4.90 Å². The number of amides is 1. The van der Waals surface area contributed by atoms with Crippen LogP contribution in [-0.4, -0.2) is 34.2 Å². The van der Waals surface area contributed by atoms with Crippen LogP contribution >= 0.6 is 0 Å². The summed E-state index contributed by atoms with van der Waals surface area (Å²) in [6, 6.07) is 26.4. The summed E-state index contributed by atoms with van der Waals surface area (Å²) in [5.41, 5.74) is 3.47. The van der Waals surface area contributed by atoms with Crippen LogP contribution in [0, 0.1) is 0 Å². The van der Waals surface area contributed by atoms with Gasteiger partial charge in [0.1, 0.15) is 0 Å². The van der Waals surface area contributed by atoms with E-state index in [0.717, 1.165) is 31.1 Å². The van der Waals surface area contributed by atoms with Crippen LogP contribution in [0.15, 0.2) is 102 Å². The van der Waals surface area contributed by atoms with E-state index in [-0.39, 0.29) is 58.0 Å². The topological polar surface area (TPSA) is 90.1 Å². The van der Waals surface area contributed by atoms with Crippen LogP contribution in [0.2, 0.25) is 0 Å². The van der Waals surface area contributed by atoms with Gasteiger partial charge in [-0.05, 0) is 30.5 Å². The zero-order valence-corrected chi connectivity index (χ0v) is 22.5. The molecule has 0 aromatic heterocycles. The molecule has 3 aromatic carbocycles. The normalized spacial score (nSPS) is 16.2. The van der Waals surface area contributed by atoms with E-state index >= 15 is 0 Å². The average molecular weight is 521 g/mol. The summed E-state index contributed by atoms with van der Waals surface area (Å²) in [5, 5.41) is 24.7. The molecule has 1 aliphatic rings. The average Bonchev–Trinajstić information content (AvgIpc) is 3.29. The first-order chi connectivity index (χ1) is 16.1. The van der Waals surface area contributed by atoms with Crippen molar-refractivity contribution in [2.24, 2.45) is 4.99 Å². The molecule has 1 atom stereocenters. The quantitative estimate of drug-likeness (QED) is 0.290. The Morgan fingerprint density at radius 1 is 1.03 bits per heavy atom. The third-order valence-corrected chi connectivity index (χ3v) is 5.62. The number of hydrogen-bond acceptors (Lipinski definition) is 5. The Hall–Kier alpha value is -2.41. The molecule has 1 heterocycles. The van der Waals surface area contributed by atoms with E-state index in [1.807, 2.05) is 66.7 Å². The zero-order chi connectivity index (χ0) is 23.0. The van der Waals surface area contributed by atoms with Crippen LogP contribution in [0.1, 0.15) is 29.5 Å². The minimum Gasteiger partial charge on any atom is -0.628 e. The molecule has 0 saturated carbocycles. The molecule has 1 aliphatic heterocycles. The van der Waals surface area contributed by atoms with E-state index in [0.29, 0.717) is 23.5 Å². The van der Waals surface area contributed by atoms with Gasteiger partial charge in [-0.15, -0.1) is 5.69 Å². The zero-order valence-electron chi connectivity index (χ0n) is 19.5. The van der Waals surface area contributed by atoms with Gasteiger partial charge in [0.05, 0.1) is 23.6 Å². The molecule has 1 saturated heterocycles. The summed E-state index contributed by atoms with van der Waals surface area (Å²) >= 11 is 0. The number of benzene rings is 3. The number of carbonyl (C=O) groups excluding carboxylic acids is 1. The number of aliphatic hydroxyl groups is 1. The summed E-state index contributed by atoms with van der Waals surface area (Å²) in [6.45, 7) is 1.56. The summed E-state index contributed by atoms with van der Waals surface area (Å²) in [6.07, 6.45) is 2.58. The molecule has 3 aromatic rings. The van der Waals surface area contributed by atoms with E-state index in [1.165, 1.54) is 5.56 Å². The Morgan fingerprint density at radius 2 is 1.66 bits per heavy atom. The van der Waals surface area contributed by atoms with E-state index in [2.05, 4.69) is 27.3 Å². The summed E-state index contributed by atoms with van der Waals surface area (Å²) in [7, 11) is 0. The fourth-order valence-corrected chi connectivity index (χ4v) is 4.09. The molecule has 0 bridgehead atoms. The molecular weight excluding hydrogens is 496 g/mol. The Balaban J connectivity index is 0.00000216. The van der Waals surface area contributed by atoms with Gasteiger partial charge in [-0.3, -0.25) is 9.89 Å². The molecule has 0 unspecified atom stereocenters. The van der Waals surface area contributed by atoms with Crippen LogP contribution in [-0.2, 0) is 27.8 Å². The molecule has 0 spiro atoms. The van der Waals surface area contributed by atoms with Crippen molar-refractivity contribution < 1.29 is 61.1 Å². The SMILES string of the molecule is O=C([N-]c1ccccc1C(=N/C=C(/[O-])O)c1ccccc1)[C@@H]1CCCN1Cc1ccccc1.[Na+].[Ni]. The number of carbonyl (C=O) groups is 1. The molecule has 0 aliphatic carbocycles. The second-order valence-electron chi connectivity index (χ2n) is 7.89. The van der Waals surface area contributed by atoms with Crippen LogP contribution in [0.25, 0.3) is 5.32 Å². The van der Waals surface area contributed by atoms with Gasteiger partial charge >= 0.3 is 29.6 Å². The maximum absolute atomic E-state index is 13.2. The number of hydrogen-bond donors (Lipinski definition) is 1. The Bertz CT molecular complexity index is 1150. The van der Waals surface area contributed by atoms with Crippen molar-refractivity contribution in [1.29, 1.82) is 0 Å². The van der Waals surface area contributed by atoms with Crippen LogP contribution in [0.5, 0.6) is 0 Å². The monoisotopic (exact) mass is 520 g/mol. The van der Waals surface area contributed by atoms with Crippen molar-refractivity contribution in [2.75, 3.05) is 6.54 Å². The van der Waals surface area contributed by atoms with Crippen molar-refractivity contribution >= 4 is 17.3 Å². The third kappa shape index (κ3) is 7.79. The molecule has 4 rings (SSSR count). The first-order valence-corrected chi connectivity index (χ1v) is 10.9. The van der Waals surface area contributed by atoms with Crippen molar-refractivity contribution in [3.05, 3.63) is 119 Å². The number of rotatable bonds is 7. The van der Waals surface area contributed by atoms with E-state index in [9.17, 15) is 9.90 Å². The molecule has 1 amide bonds. The van der Waals surface area contributed by atoms with E-state index in [4.69, 9.17) is 5.11 Å². The second-order valence-corrected chi connectivity index (χ2v) is 7.89. The minimum absolute atomic E-state index is 0. The largest absolute Gasteiger partial charge is 1.00 e. The van der Waals surface area contributed by atoms with Gasteiger partial charge in [-0.1, -0.05) is 84.9 Å². The fourth-order valence-electron chi connectivity index (χ4n) is 4.09. The van der Waals surface area contributed by atoms with Gasteiger partial charge in [0.25, 0.3) is 0 Å². The van der Waals surface area contributed by atoms with Crippen molar-refractivity contribution in [3.63, 3.8) is 0 Å². The number of nitrogens with zero attached hydrogens (tertiary/aromatic N) is 3. The fraction of sp³-hybridized carbons (Fsp3) is 0.185. The van der Waals surface area contributed by atoms with Gasteiger partial charge in [0.2, 0.25) is 0 Å². The smallest absolute Gasteiger partial charge is 0.628 e. The van der Waals surface area contributed by atoms with E-state index < -0.39 is 5.95 Å². The van der Waals surface area contributed by atoms with Gasteiger partial charge in [-0.2, -0.15) is 0 Å². The summed E-state index contributed by atoms with van der Waals surface area (Å²) < 4.78 is 0. The Kier molecular flexibility index (Phi) is 11.7. The summed E-state index contributed by atoms with van der Waals surface area (Å²) in [5.74, 6) is -1.33. The molecule has 1 fully saturated rings. The van der Waals surface area contributed by atoms with Crippen LogP contribution in [0.3, 0.4) is 0 Å². The first-order valence-electron chi connectivity index (χ1n) is 10.9. The Morgan fingerprint density at radius 3 is 2.34 bits per heavy atom. The predicted octanol–water partition coefficient (Wildman–Crippen LogP) is 1.44. The number of aliphatic imine (C=N–C) groups is 1. The molecule has 0 radical (unpaired) electrons. The number of likely N-dealkylation sites (tertiary alicyclic amines) is 1. The van der Waals surface area contributed by atoms with Gasteiger partial charge in [0, 0.05) is 34.8 Å². The molecule has 178 valence electrons. The number of aliphatic hydroxyl groups excluding tert-OH is 1. The third-order valence-electron chi connectivity index (χ3n) is 5.62. The first kappa shape index (κ1) is 28.8. The van der Waals surface area contributed by atoms with Crippen LogP contribution < -0.4 is 34.7 Å². The van der Waals surface area contributed by atoms with Gasteiger partial charge < -0.3 is 20.3 Å². The summed E-state index contributed by atoms with van der Waals surface area (Å²) in [4.78, 5) is 19.6. The van der Waals surface area contributed by atoms with Gasteiger partial charge in [0.15, 0.2) is 0 Å². The predicted molar refractivity (Wildman–Crippen MR) is 127 cm³/mol. The molecule has 6 nitrogen and oxygen atoms in total. The van der Waals surface area contributed by atoms with Crippen molar-refractivity contribution in [2.45, 2.75) is 25.4 Å². The maximum atomic E-state index is 13.2. The number of para-hydroxylation sites is 1. The minimum atomic E-state index is -1.14. The molecule has 35 heavy (non-hydrogen) atoms. The Labute approximate surface area is 238 Å². The molecule has 1 N–H and O–H groups in total. The standard InChI is InChI=1S/C27H27N3O3.Na.Ni/c31-25(32)18-28-26(21-12-5-2-6-13-21)22-14-7-8-15-23(22)29-27(33)24-16-9-17-30(24)19-20-10-3-1-4-11-20;;/h1-8,10-15,18,24H,9,16-17,19H2,(H3,28,29,31,32,33);;/q;+1;/p-2/t24-;;/m0../s1. The van der Waals surface area contributed by atoms with Gasteiger partial charge in [-0.25, -0.2) is 0 Å². The van der Waals surface area contributed by atoms with Crippen LogP contribution in [0.4, 0.5) is 5.69 Å².